The van der Waals surface area contributed by atoms with Gasteiger partial charge in [0.1, 0.15) is 0 Å². The Bertz CT molecular complexity index is 1060. The quantitative estimate of drug-likeness (QED) is 0.706. The van der Waals surface area contributed by atoms with E-state index in [-0.39, 0.29) is 11.6 Å². The third-order valence-corrected chi connectivity index (χ3v) is 7.04. The summed E-state index contributed by atoms with van der Waals surface area (Å²) in [5.41, 5.74) is 2.63. The molecule has 27 heavy (non-hydrogen) atoms. The maximum absolute atomic E-state index is 13.0. The van der Waals surface area contributed by atoms with Crippen molar-refractivity contribution in [1.82, 2.24) is 9.55 Å². The molecule has 0 aliphatic rings. The van der Waals surface area contributed by atoms with E-state index in [2.05, 4.69) is 4.98 Å². The van der Waals surface area contributed by atoms with Crippen molar-refractivity contribution < 1.29 is 18.3 Å². The van der Waals surface area contributed by atoms with Crippen LogP contribution in [0, 0.1) is 0 Å². The van der Waals surface area contributed by atoms with E-state index in [1.807, 2.05) is 42.5 Å². The number of imidazole rings is 1. The number of aryl methyl sites for hydroxylation is 1. The van der Waals surface area contributed by atoms with Gasteiger partial charge in [-0.15, -0.1) is 0 Å². The number of hydrogen-bond acceptors (Lipinski definition) is 4. The Morgan fingerprint density at radius 3 is 2.19 bits per heavy atom. The summed E-state index contributed by atoms with van der Waals surface area (Å²) >= 11 is 0. The number of aliphatic carboxylic acids is 1. The van der Waals surface area contributed by atoms with E-state index in [1.165, 1.54) is 30.9 Å². The topological polar surface area (TPSA) is 89.3 Å². The number of carboxylic acid groups (broad SMARTS) is 1. The zero-order chi connectivity index (χ0) is 19.7. The van der Waals surface area contributed by atoms with Gasteiger partial charge in [-0.05, 0) is 23.6 Å². The van der Waals surface area contributed by atoms with Gasteiger partial charge >= 0.3 is 5.97 Å². The number of rotatable bonds is 6. The van der Waals surface area contributed by atoms with Crippen LogP contribution in [-0.2, 0) is 28.1 Å². The minimum Gasteiger partial charge on any atom is -0.480 e. The smallest absolute Gasteiger partial charge is 0.325 e. The molecule has 0 saturated heterocycles. The van der Waals surface area contributed by atoms with Crippen LogP contribution in [0.3, 0.4) is 0 Å². The second kappa shape index (κ2) is 7.00. The zero-order valence-corrected chi connectivity index (χ0v) is 15.8. The highest BCUT2D eigenvalue weighted by Gasteiger charge is 2.49. The van der Waals surface area contributed by atoms with Crippen LogP contribution in [0.1, 0.15) is 12.5 Å². The predicted octanol–water partition coefficient (Wildman–Crippen LogP) is 2.95. The normalized spacial score (nSPS) is 13.9. The van der Waals surface area contributed by atoms with Crippen molar-refractivity contribution in [3.05, 3.63) is 72.6 Å². The summed E-state index contributed by atoms with van der Waals surface area (Å²) in [5, 5.41) is 9.48. The van der Waals surface area contributed by atoms with E-state index in [1.54, 1.807) is 12.1 Å². The average Bonchev–Trinajstić information content (AvgIpc) is 3.09. The standard InChI is InChI=1S/C20H20N2O4S/c1-20(18(23)24,27(25,26)19-21-12-13-22(19)2)14-15-8-10-17(11-9-15)16-6-4-3-5-7-16/h3-13H,14H2,1-2H3,(H,23,24). The second-order valence-corrected chi connectivity index (χ2v) is 8.87. The fourth-order valence-electron chi connectivity index (χ4n) is 2.93. The third kappa shape index (κ3) is 3.38. The highest BCUT2D eigenvalue weighted by atomic mass is 32.2. The number of carboxylic acids is 1. The molecule has 2 aromatic carbocycles. The molecule has 7 heteroatoms. The second-order valence-electron chi connectivity index (χ2n) is 6.60. The Hall–Kier alpha value is -2.93. The number of nitrogens with zero attached hydrogens (tertiary/aromatic N) is 2. The first-order valence-electron chi connectivity index (χ1n) is 8.35. The van der Waals surface area contributed by atoms with Crippen molar-refractivity contribution in [2.45, 2.75) is 23.2 Å². The van der Waals surface area contributed by atoms with Gasteiger partial charge in [-0.3, -0.25) is 4.79 Å². The number of carbonyl (C=O) groups is 1. The van der Waals surface area contributed by atoms with Crippen molar-refractivity contribution in [2.75, 3.05) is 0 Å². The molecule has 0 aliphatic carbocycles. The van der Waals surface area contributed by atoms with Gasteiger partial charge in [0.25, 0.3) is 0 Å². The molecule has 140 valence electrons. The van der Waals surface area contributed by atoms with Crippen LogP contribution in [0.4, 0.5) is 0 Å². The van der Waals surface area contributed by atoms with Crippen LogP contribution in [0.25, 0.3) is 11.1 Å². The molecule has 0 radical (unpaired) electrons. The van der Waals surface area contributed by atoms with Gasteiger partial charge < -0.3 is 9.67 Å². The first-order chi connectivity index (χ1) is 12.8. The Morgan fingerprint density at radius 1 is 1.07 bits per heavy atom. The number of benzene rings is 2. The molecular weight excluding hydrogens is 364 g/mol. The molecule has 1 N–H and O–H groups in total. The first-order valence-corrected chi connectivity index (χ1v) is 9.84. The van der Waals surface area contributed by atoms with E-state index in [4.69, 9.17) is 0 Å². The van der Waals surface area contributed by atoms with Crippen LogP contribution in [0.15, 0.2) is 72.1 Å². The maximum atomic E-state index is 13.0. The van der Waals surface area contributed by atoms with Gasteiger partial charge in [-0.25, -0.2) is 13.4 Å². The van der Waals surface area contributed by atoms with Gasteiger partial charge in [0.15, 0.2) is 4.75 Å². The van der Waals surface area contributed by atoms with Crippen LogP contribution in [0.5, 0.6) is 0 Å². The van der Waals surface area contributed by atoms with E-state index in [0.29, 0.717) is 5.56 Å². The lowest BCUT2D eigenvalue weighted by Gasteiger charge is -2.24. The lowest BCUT2D eigenvalue weighted by atomic mass is 9.97. The van der Waals surface area contributed by atoms with Crippen LogP contribution in [0.2, 0.25) is 0 Å². The van der Waals surface area contributed by atoms with Crippen molar-refractivity contribution >= 4 is 15.8 Å². The number of hydrogen-bond donors (Lipinski definition) is 1. The van der Waals surface area contributed by atoms with Gasteiger partial charge in [-0.1, -0.05) is 54.6 Å². The van der Waals surface area contributed by atoms with Gasteiger partial charge in [0, 0.05) is 25.9 Å². The van der Waals surface area contributed by atoms with Crippen LogP contribution < -0.4 is 0 Å². The van der Waals surface area contributed by atoms with Crippen molar-refractivity contribution in [2.24, 2.45) is 7.05 Å². The molecular formula is C20H20N2O4S. The summed E-state index contributed by atoms with van der Waals surface area (Å²) in [5.74, 6) is -1.40. The fourth-order valence-corrected chi connectivity index (χ4v) is 4.56. The van der Waals surface area contributed by atoms with E-state index < -0.39 is 20.6 Å². The lowest BCUT2D eigenvalue weighted by Crippen LogP contribution is -2.46. The van der Waals surface area contributed by atoms with Crippen molar-refractivity contribution in [3.63, 3.8) is 0 Å². The summed E-state index contributed by atoms with van der Waals surface area (Å²) in [6, 6.07) is 17.0. The molecule has 3 aromatic rings. The zero-order valence-electron chi connectivity index (χ0n) is 15.0. The van der Waals surface area contributed by atoms with Crippen LogP contribution in [-0.4, -0.2) is 33.8 Å². The Labute approximate surface area is 158 Å². The first kappa shape index (κ1) is 18.8. The lowest BCUT2D eigenvalue weighted by molar-refractivity contribution is -0.139. The van der Waals surface area contributed by atoms with Gasteiger partial charge in [0.2, 0.25) is 15.0 Å². The minimum atomic E-state index is -4.20. The molecule has 1 atom stereocenters. The number of aromatic nitrogens is 2. The summed E-state index contributed by atoms with van der Waals surface area (Å²) in [4.78, 5) is 15.8. The molecule has 1 heterocycles. The Balaban J connectivity index is 1.95. The molecule has 0 bridgehead atoms. The molecule has 0 amide bonds. The largest absolute Gasteiger partial charge is 0.480 e. The fraction of sp³-hybridized carbons (Fsp3) is 0.200. The summed E-state index contributed by atoms with van der Waals surface area (Å²) in [6.07, 6.45) is 2.65. The molecule has 0 spiro atoms. The van der Waals surface area contributed by atoms with Crippen molar-refractivity contribution in [3.8, 4) is 11.1 Å². The van der Waals surface area contributed by atoms with E-state index >= 15 is 0 Å². The molecule has 3 rings (SSSR count). The molecule has 0 aliphatic heterocycles. The Morgan fingerprint density at radius 2 is 1.67 bits per heavy atom. The average molecular weight is 384 g/mol. The molecule has 0 fully saturated rings. The highest BCUT2D eigenvalue weighted by Crippen LogP contribution is 2.30. The van der Waals surface area contributed by atoms with Gasteiger partial charge in [0.05, 0.1) is 0 Å². The van der Waals surface area contributed by atoms with E-state index in [0.717, 1.165) is 11.1 Å². The van der Waals surface area contributed by atoms with Crippen LogP contribution >= 0.6 is 0 Å². The molecule has 1 aromatic heterocycles. The predicted molar refractivity (Wildman–Crippen MR) is 102 cm³/mol. The minimum absolute atomic E-state index is 0.160. The SMILES string of the molecule is Cn1ccnc1S(=O)(=O)C(C)(Cc1ccc(-c2ccccc2)cc1)C(=O)O. The molecule has 6 nitrogen and oxygen atoms in total. The highest BCUT2D eigenvalue weighted by molar-refractivity contribution is 7.93. The summed E-state index contributed by atoms with van der Waals surface area (Å²) < 4.78 is 25.3. The maximum Gasteiger partial charge on any atom is 0.325 e. The molecule has 1 unspecified atom stereocenters. The molecule has 0 saturated carbocycles. The number of sulfone groups is 1. The monoisotopic (exact) mass is 384 g/mol. The van der Waals surface area contributed by atoms with Gasteiger partial charge in [-0.2, -0.15) is 0 Å². The summed E-state index contributed by atoms with van der Waals surface area (Å²) in [6.45, 7) is 1.23. The van der Waals surface area contributed by atoms with Crippen molar-refractivity contribution in [1.29, 1.82) is 0 Å². The third-order valence-electron chi connectivity index (χ3n) is 4.67. The Kier molecular flexibility index (Phi) is 4.89. The van der Waals surface area contributed by atoms with E-state index in [9.17, 15) is 18.3 Å². The summed E-state index contributed by atoms with van der Waals surface area (Å²) in [7, 11) is -2.67.